The average Bonchev–Trinajstić information content (AvgIpc) is 2.77. The molecule has 0 unspecified atom stereocenters. The van der Waals surface area contributed by atoms with E-state index in [1.165, 1.54) is 6.33 Å². The molecule has 0 fully saturated rings. The fraction of sp³-hybridized carbons (Fsp3) is 0.0952. The maximum atomic E-state index is 12.5. The number of nitrogens with zero attached hydrogens (tertiary/aromatic N) is 4. The van der Waals surface area contributed by atoms with Crippen molar-refractivity contribution in [2.24, 2.45) is 0 Å². The number of fused-ring (bicyclic) bond motifs is 1. The SMILES string of the molecule is COc1ccc(-c2cc(CNC(=O)c3ccc4nccnc4c3)ncn2)cc1. The molecular formula is C21H17N5O2. The molecule has 0 aliphatic rings. The highest BCUT2D eigenvalue weighted by molar-refractivity contribution is 5.97. The van der Waals surface area contributed by atoms with E-state index < -0.39 is 0 Å². The van der Waals surface area contributed by atoms with Crippen LogP contribution >= 0.6 is 0 Å². The number of carbonyl (C=O) groups is 1. The van der Waals surface area contributed by atoms with Crippen molar-refractivity contribution in [3.8, 4) is 17.0 Å². The molecule has 1 N–H and O–H groups in total. The topological polar surface area (TPSA) is 89.9 Å². The minimum atomic E-state index is -0.197. The number of hydrogen-bond acceptors (Lipinski definition) is 6. The zero-order valence-corrected chi connectivity index (χ0v) is 15.2. The standard InChI is InChI=1S/C21H17N5O2/c1-28-17-5-2-14(3-6-17)19-11-16(25-13-26-19)12-24-21(27)15-4-7-18-20(10-15)23-9-8-22-18/h2-11,13H,12H2,1H3,(H,24,27). The second kappa shape index (κ2) is 7.79. The quantitative estimate of drug-likeness (QED) is 0.580. The summed E-state index contributed by atoms with van der Waals surface area (Å²) in [5.74, 6) is 0.586. The van der Waals surface area contributed by atoms with Gasteiger partial charge in [-0.25, -0.2) is 9.97 Å². The van der Waals surface area contributed by atoms with Gasteiger partial charge >= 0.3 is 0 Å². The van der Waals surface area contributed by atoms with E-state index >= 15 is 0 Å². The van der Waals surface area contributed by atoms with E-state index in [2.05, 4.69) is 25.3 Å². The first kappa shape index (κ1) is 17.5. The molecule has 1 amide bonds. The molecule has 2 aromatic heterocycles. The van der Waals surface area contributed by atoms with Crippen molar-refractivity contribution in [1.29, 1.82) is 0 Å². The van der Waals surface area contributed by atoms with Gasteiger partial charge in [-0.05, 0) is 48.5 Å². The van der Waals surface area contributed by atoms with Gasteiger partial charge < -0.3 is 10.1 Å². The van der Waals surface area contributed by atoms with Crippen LogP contribution < -0.4 is 10.1 Å². The van der Waals surface area contributed by atoms with E-state index in [1.54, 1.807) is 37.7 Å². The van der Waals surface area contributed by atoms with Gasteiger partial charge in [0, 0.05) is 23.5 Å². The highest BCUT2D eigenvalue weighted by atomic mass is 16.5. The fourth-order valence-electron chi connectivity index (χ4n) is 2.79. The Morgan fingerprint density at radius 2 is 1.71 bits per heavy atom. The van der Waals surface area contributed by atoms with Gasteiger partial charge in [-0.3, -0.25) is 14.8 Å². The minimum Gasteiger partial charge on any atom is -0.497 e. The van der Waals surface area contributed by atoms with Crippen molar-refractivity contribution in [2.75, 3.05) is 7.11 Å². The van der Waals surface area contributed by atoms with E-state index in [-0.39, 0.29) is 5.91 Å². The zero-order chi connectivity index (χ0) is 19.3. The number of benzene rings is 2. The van der Waals surface area contributed by atoms with Crippen molar-refractivity contribution >= 4 is 16.9 Å². The van der Waals surface area contributed by atoms with Crippen molar-refractivity contribution in [3.63, 3.8) is 0 Å². The van der Waals surface area contributed by atoms with Gasteiger partial charge in [0.15, 0.2) is 0 Å². The molecule has 0 radical (unpaired) electrons. The Hall–Kier alpha value is -3.87. The van der Waals surface area contributed by atoms with Gasteiger partial charge in [-0.1, -0.05) is 0 Å². The molecule has 0 saturated carbocycles. The number of rotatable bonds is 5. The van der Waals surface area contributed by atoms with Gasteiger partial charge in [-0.15, -0.1) is 0 Å². The summed E-state index contributed by atoms with van der Waals surface area (Å²) in [5, 5.41) is 2.88. The summed E-state index contributed by atoms with van der Waals surface area (Å²) >= 11 is 0. The third kappa shape index (κ3) is 3.78. The fourth-order valence-corrected chi connectivity index (χ4v) is 2.79. The molecule has 0 saturated heterocycles. The van der Waals surface area contributed by atoms with Crippen LogP contribution in [0.2, 0.25) is 0 Å². The Labute approximate surface area is 161 Å². The number of methoxy groups -OCH3 is 1. The third-order valence-electron chi connectivity index (χ3n) is 4.27. The van der Waals surface area contributed by atoms with Gasteiger partial charge in [0.1, 0.15) is 12.1 Å². The number of carbonyl (C=O) groups excluding carboxylic acids is 1. The molecule has 0 atom stereocenters. The molecule has 0 bridgehead atoms. The largest absolute Gasteiger partial charge is 0.497 e. The second-order valence-electron chi connectivity index (χ2n) is 6.07. The third-order valence-corrected chi connectivity index (χ3v) is 4.27. The molecule has 2 heterocycles. The molecule has 4 aromatic rings. The first-order valence-corrected chi connectivity index (χ1v) is 8.67. The number of ether oxygens (including phenoxy) is 1. The Morgan fingerprint density at radius 1 is 0.929 bits per heavy atom. The number of aromatic nitrogens is 4. The molecule has 2 aromatic carbocycles. The van der Waals surface area contributed by atoms with Crippen molar-refractivity contribution < 1.29 is 9.53 Å². The van der Waals surface area contributed by atoms with Crippen molar-refractivity contribution in [3.05, 3.63) is 78.5 Å². The predicted molar refractivity (Wildman–Crippen MR) is 105 cm³/mol. The molecule has 4 rings (SSSR count). The maximum absolute atomic E-state index is 12.5. The summed E-state index contributed by atoms with van der Waals surface area (Å²) in [5.41, 5.74) is 4.40. The van der Waals surface area contributed by atoms with E-state index in [4.69, 9.17) is 4.74 Å². The Morgan fingerprint density at radius 3 is 2.50 bits per heavy atom. The van der Waals surface area contributed by atoms with E-state index in [9.17, 15) is 4.79 Å². The Balaban J connectivity index is 1.47. The van der Waals surface area contributed by atoms with Crippen LogP contribution in [-0.2, 0) is 6.54 Å². The maximum Gasteiger partial charge on any atom is 0.251 e. The van der Waals surface area contributed by atoms with Crippen molar-refractivity contribution in [2.45, 2.75) is 6.54 Å². The molecule has 28 heavy (non-hydrogen) atoms. The second-order valence-corrected chi connectivity index (χ2v) is 6.07. The normalized spacial score (nSPS) is 10.6. The van der Waals surface area contributed by atoms with Gasteiger partial charge in [-0.2, -0.15) is 0 Å². The minimum absolute atomic E-state index is 0.197. The summed E-state index contributed by atoms with van der Waals surface area (Å²) in [6.45, 7) is 0.295. The summed E-state index contributed by atoms with van der Waals surface area (Å²) in [6.07, 6.45) is 4.72. The number of hydrogen-bond donors (Lipinski definition) is 1. The van der Waals surface area contributed by atoms with Gasteiger partial charge in [0.25, 0.3) is 5.91 Å². The first-order chi connectivity index (χ1) is 13.7. The lowest BCUT2D eigenvalue weighted by molar-refractivity contribution is 0.0950. The molecule has 7 nitrogen and oxygen atoms in total. The highest BCUT2D eigenvalue weighted by Gasteiger charge is 2.09. The summed E-state index contributed by atoms with van der Waals surface area (Å²) in [7, 11) is 1.63. The van der Waals surface area contributed by atoms with Crippen LogP contribution in [-0.4, -0.2) is 33.0 Å². The number of amides is 1. The van der Waals surface area contributed by atoms with Crippen LogP contribution in [0.5, 0.6) is 5.75 Å². The molecule has 0 spiro atoms. The number of nitrogens with one attached hydrogen (secondary N) is 1. The van der Waals surface area contributed by atoms with E-state index in [0.717, 1.165) is 28.2 Å². The average molecular weight is 371 g/mol. The van der Waals surface area contributed by atoms with Crippen LogP contribution in [0.15, 0.2) is 67.3 Å². The lowest BCUT2D eigenvalue weighted by atomic mass is 10.1. The lowest BCUT2D eigenvalue weighted by Crippen LogP contribution is -2.23. The van der Waals surface area contributed by atoms with Gasteiger partial charge in [0.05, 0.1) is 36.1 Å². The Kier molecular flexibility index (Phi) is 4.88. The first-order valence-electron chi connectivity index (χ1n) is 8.67. The summed E-state index contributed by atoms with van der Waals surface area (Å²) < 4.78 is 5.17. The van der Waals surface area contributed by atoms with Gasteiger partial charge in [0.2, 0.25) is 0 Å². The molecule has 0 aliphatic carbocycles. The molecule has 138 valence electrons. The zero-order valence-electron chi connectivity index (χ0n) is 15.2. The summed E-state index contributed by atoms with van der Waals surface area (Å²) in [6, 6.07) is 14.7. The van der Waals surface area contributed by atoms with Crippen LogP contribution in [0, 0.1) is 0 Å². The molecular weight excluding hydrogens is 354 g/mol. The van der Waals surface area contributed by atoms with Crippen LogP contribution in [0.1, 0.15) is 16.1 Å². The Bertz CT molecular complexity index is 1130. The van der Waals surface area contributed by atoms with Crippen LogP contribution in [0.3, 0.4) is 0 Å². The monoisotopic (exact) mass is 371 g/mol. The smallest absolute Gasteiger partial charge is 0.251 e. The van der Waals surface area contributed by atoms with E-state index in [0.29, 0.717) is 17.6 Å². The van der Waals surface area contributed by atoms with E-state index in [1.807, 2.05) is 30.3 Å². The molecule has 7 heteroatoms. The lowest BCUT2D eigenvalue weighted by Gasteiger charge is -2.07. The van der Waals surface area contributed by atoms with Crippen molar-refractivity contribution in [1.82, 2.24) is 25.3 Å². The molecule has 0 aliphatic heterocycles. The highest BCUT2D eigenvalue weighted by Crippen LogP contribution is 2.20. The van der Waals surface area contributed by atoms with Crippen LogP contribution in [0.4, 0.5) is 0 Å². The van der Waals surface area contributed by atoms with Crippen LogP contribution in [0.25, 0.3) is 22.3 Å². The predicted octanol–water partition coefficient (Wildman–Crippen LogP) is 3.03. The summed E-state index contributed by atoms with van der Waals surface area (Å²) in [4.78, 5) is 29.5.